The van der Waals surface area contributed by atoms with Crippen LogP contribution in [0.1, 0.15) is 13.8 Å². The summed E-state index contributed by atoms with van der Waals surface area (Å²) in [6, 6.07) is 0. The Balaban J connectivity index is 2.78. The molecule has 52 valence electrons. The van der Waals surface area contributed by atoms with Crippen molar-refractivity contribution in [2.45, 2.75) is 20.0 Å². The molecule has 0 aromatic carbocycles. The van der Waals surface area contributed by atoms with E-state index in [0.29, 0.717) is 0 Å². The number of rotatable bonds is 0. The van der Waals surface area contributed by atoms with Gasteiger partial charge in [-0.15, -0.1) is 0 Å². The first-order valence-corrected chi connectivity index (χ1v) is 2.90. The largest absolute Gasteiger partial charge is 0.462 e. The van der Waals surface area contributed by atoms with E-state index < -0.39 is 11.5 Å². The van der Waals surface area contributed by atoms with E-state index in [2.05, 4.69) is 4.74 Å². The fraction of sp³-hybridized carbons (Fsp3) is 0.833. The van der Waals surface area contributed by atoms with Crippen LogP contribution < -0.4 is 0 Å². The first kappa shape index (κ1) is 6.55. The lowest BCUT2D eigenvalue weighted by Crippen LogP contribution is -2.29. The first-order chi connectivity index (χ1) is 4.05. The zero-order chi connectivity index (χ0) is 7.07. The average Bonchev–Trinajstić information content (AvgIpc) is 1.96. The van der Waals surface area contributed by atoms with Crippen LogP contribution in [0.2, 0.25) is 0 Å². The molecule has 0 amide bonds. The predicted molar refractivity (Wildman–Crippen MR) is 30.7 cm³/mol. The SMILES string of the molecule is CC1(C)C(=O)OC[C@H]1O. The zero-order valence-electron chi connectivity index (χ0n) is 5.55. The third-order valence-corrected chi connectivity index (χ3v) is 1.73. The smallest absolute Gasteiger partial charge is 0.314 e. The average molecular weight is 130 g/mol. The van der Waals surface area contributed by atoms with Crippen LogP contribution in [-0.4, -0.2) is 23.8 Å². The molecule has 1 fully saturated rings. The molecule has 1 atom stereocenters. The van der Waals surface area contributed by atoms with Crippen LogP contribution >= 0.6 is 0 Å². The number of hydrogen-bond donors (Lipinski definition) is 1. The highest BCUT2D eigenvalue weighted by Gasteiger charge is 2.43. The van der Waals surface area contributed by atoms with Gasteiger partial charge >= 0.3 is 5.97 Å². The number of carbonyl (C=O) groups excluding carboxylic acids is 1. The van der Waals surface area contributed by atoms with E-state index in [-0.39, 0.29) is 12.6 Å². The second-order valence-electron chi connectivity index (χ2n) is 2.84. The molecule has 0 saturated carbocycles. The molecule has 1 heterocycles. The van der Waals surface area contributed by atoms with Crippen LogP contribution in [0.3, 0.4) is 0 Å². The minimum atomic E-state index is -0.694. The topological polar surface area (TPSA) is 46.5 Å². The second kappa shape index (κ2) is 1.70. The zero-order valence-corrected chi connectivity index (χ0v) is 5.55. The molecular formula is C6H10O3. The highest BCUT2D eigenvalue weighted by atomic mass is 16.6. The van der Waals surface area contributed by atoms with Crippen LogP contribution in [0.4, 0.5) is 0 Å². The van der Waals surface area contributed by atoms with Crippen molar-refractivity contribution in [2.75, 3.05) is 6.61 Å². The summed E-state index contributed by atoms with van der Waals surface area (Å²) >= 11 is 0. The lowest BCUT2D eigenvalue weighted by molar-refractivity contribution is -0.145. The van der Waals surface area contributed by atoms with Gasteiger partial charge in [0, 0.05) is 0 Å². The van der Waals surface area contributed by atoms with Crippen molar-refractivity contribution < 1.29 is 14.6 Å². The minimum absolute atomic E-state index is 0.145. The summed E-state index contributed by atoms with van der Waals surface area (Å²) < 4.78 is 4.59. The van der Waals surface area contributed by atoms with E-state index in [1.165, 1.54) is 0 Å². The molecule has 1 saturated heterocycles. The summed E-state index contributed by atoms with van der Waals surface area (Å²) in [5.74, 6) is -0.310. The van der Waals surface area contributed by atoms with Crippen LogP contribution in [0.15, 0.2) is 0 Å². The van der Waals surface area contributed by atoms with Crippen molar-refractivity contribution in [1.29, 1.82) is 0 Å². The molecule has 3 heteroatoms. The van der Waals surface area contributed by atoms with Gasteiger partial charge in [-0.2, -0.15) is 0 Å². The molecule has 0 bridgehead atoms. The highest BCUT2D eigenvalue weighted by molar-refractivity contribution is 5.78. The van der Waals surface area contributed by atoms with Crippen LogP contribution in [0.25, 0.3) is 0 Å². The van der Waals surface area contributed by atoms with Crippen molar-refractivity contribution in [1.82, 2.24) is 0 Å². The second-order valence-corrected chi connectivity index (χ2v) is 2.84. The molecule has 0 unspecified atom stereocenters. The van der Waals surface area contributed by atoms with Gasteiger partial charge in [0.2, 0.25) is 0 Å². The van der Waals surface area contributed by atoms with Crippen molar-refractivity contribution in [3.8, 4) is 0 Å². The third-order valence-electron chi connectivity index (χ3n) is 1.73. The quantitative estimate of drug-likeness (QED) is 0.467. The normalized spacial score (nSPS) is 32.3. The summed E-state index contributed by atoms with van der Waals surface area (Å²) in [4.78, 5) is 10.7. The number of aliphatic hydroxyl groups is 1. The maximum absolute atomic E-state index is 10.7. The molecule has 9 heavy (non-hydrogen) atoms. The standard InChI is InChI=1S/C6H10O3/c1-6(2)4(7)3-9-5(6)8/h4,7H,3H2,1-2H3/t4-/m1/s1. The summed E-state index contributed by atoms with van der Waals surface area (Å²) in [6.07, 6.45) is -0.634. The van der Waals surface area contributed by atoms with Crippen LogP contribution in [0.5, 0.6) is 0 Å². The maximum Gasteiger partial charge on any atom is 0.314 e. The highest BCUT2D eigenvalue weighted by Crippen LogP contribution is 2.28. The van der Waals surface area contributed by atoms with E-state index in [1.54, 1.807) is 13.8 Å². The molecule has 1 aliphatic rings. The predicted octanol–water partition coefficient (Wildman–Crippen LogP) is -0.0697. The van der Waals surface area contributed by atoms with Gasteiger partial charge in [-0.1, -0.05) is 0 Å². The monoisotopic (exact) mass is 130 g/mol. The first-order valence-electron chi connectivity index (χ1n) is 2.90. The number of aliphatic hydroxyl groups excluding tert-OH is 1. The van der Waals surface area contributed by atoms with E-state index in [9.17, 15) is 4.79 Å². The Morgan fingerprint density at radius 2 is 2.33 bits per heavy atom. The fourth-order valence-corrected chi connectivity index (χ4v) is 0.685. The van der Waals surface area contributed by atoms with Gasteiger partial charge in [0.1, 0.15) is 12.7 Å². The van der Waals surface area contributed by atoms with Crippen LogP contribution in [-0.2, 0) is 9.53 Å². The Bertz CT molecular complexity index is 139. The Morgan fingerprint density at radius 1 is 1.78 bits per heavy atom. The van der Waals surface area contributed by atoms with Gasteiger partial charge in [0.05, 0.1) is 5.41 Å². The molecule has 0 aromatic heterocycles. The number of cyclic esters (lactones) is 1. The third kappa shape index (κ3) is 0.812. The van der Waals surface area contributed by atoms with Gasteiger partial charge in [-0.25, -0.2) is 0 Å². The Hall–Kier alpha value is -0.570. The summed E-state index contributed by atoms with van der Waals surface area (Å²) in [5.41, 5.74) is -0.694. The molecule has 0 aliphatic carbocycles. The molecular weight excluding hydrogens is 120 g/mol. The fourth-order valence-electron chi connectivity index (χ4n) is 0.685. The van der Waals surface area contributed by atoms with E-state index in [1.807, 2.05) is 0 Å². The van der Waals surface area contributed by atoms with Crippen molar-refractivity contribution in [2.24, 2.45) is 5.41 Å². The lowest BCUT2D eigenvalue weighted by Gasteiger charge is -2.14. The molecule has 1 aliphatic heterocycles. The van der Waals surface area contributed by atoms with Crippen molar-refractivity contribution in [3.63, 3.8) is 0 Å². The van der Waals surface area contributed by atoms with Gasteiger partial charge in [-0.05, 0) is 13.8 Å². The summed E-state index contributed by atoms with van der Waals surface area (Å²) in [5, 5.41) is 9.08. The number of carbonyl (C=O) groups is 1. The molecule has 1 N–H and O–H groups in total. The van der Waals surface area contributed by atoms with Crippen molar-refractivity contribution >= 4 is 5.97 Å². The number of hydrogen-bond acceptors (Lipinski definition) is 3. The number of ether oxygens (including phenoxy) is 1. The maximum atomic E-state index is 10.7. The Kier molecular flexibility index (Phi) is 1.24. The molecule has 0 aromatic rings. The molecule has 3 nitrogen and oxygen atoms in total. The minimum Gasteiger partial charge on any atom is -0.462 e. The van der Waals surface area contributed by atoms with Gasteiger partial charge in [0.25, 0.3) is 0 Å². The summed E-state index contributed by atoms with van der Waals surface area (Å²) in [7, 11) is 0. The molecule has 0 spiro atoms. The number of esters is 1. The van der Waals surface area contributed by atoms with E-state index >= 15 is 0 Å². The van der Waals surface area contributed by atoms with E-state index in [0.717, 1.165) is 0 Å². The van der Waals surface area contributed by atoms with Crippen LogP contribution in [0, 0.1) is 5.41 Å². The molecule has 1 rings (SSSR count). The van der Waals surface area contributed by atoms with Gasteiger partial charge < -0.3 is 9.84 Å². The van der Waals surface area contributed by atoms with Crippen molar-refractivity contribution in [3.05, 3.63) is 0 Å². The Labute approximate surface area is 53.6 Å². The summed E-state index contributed by atoms with van der Waals surface area (Å²) in [6.45, 7) is 3.49. The Morgan fingerprint density at radius 3 is 2.44 bits per heavy atom. The lowest BCUT2D eigenvalue weighted by atomic mass is 9.90. The van der Waals surface area contributed by atoms with Gasteiger partial charge in [-0.3, -0.25) is 4.79 Å². The van der Waals surface area contributed by atoms with Gasteiger partial charge in [0.15, 0.2) is 0 Å². The van der Waals surface area contributed by atoms with E-state index in [4.69, 9.17) is 5.11 Å². The molecule has 0 radical (unpaired) electrons.